The van der Waals surface area contributed by atoms with E-state index in [2.05, 4.69) is 6.08 Å². The smallest absolute Gasteiger partial charge is 0.204 e. The zero-order chi connectivity index (χ0) is 16.1. The van der Waals surface area contributed by atoms with Gasteiger partial charge in [0.05, 0.1) is 6.61 Å². The predicted molar refractivity (Wildman–Crippen MR) is 85.8 cm³/mol. The van der Waals surface area contributed by atoms with Crippen molar-refractivity contribution in [1.29, 1.82) is 0 Å². The number of ether oxygens (including phenoxy) is 2. The van der Waals surface area contributed by atoms with Gasteiger partial charge in [0.25, 0.3) is 0 Å². The Bertz CT molecular complexity index is 549. The summed E-state index contributed by atoms with van der Waals surface area (Å²) < 4.78 is 38.6. The molecule has 2 nitrogen and oxygen atoms in total. The van der Waals surface area contributed by atoms with Gasteiger partial charge in [0.15, 0.2) is 11.5 Å². The largest absolute Gasteiger partial charge is 0.490 e. The normalized spacial score (nSPS) is 18.7. The summed E-state index contributed by atoms with van der Waals surface area (Å²) >= 11 is 0. The van der Waals surface area contributed by atoms with E-state index >= 15 is 0 Å². The van der Waals surface area contributed by atoms with Gasteiger partial charge in [-0.05, 0) is 43.2 Å². The van der Waals surface area contributed by atoms with E-state index in [4.69, 9.17) is 9.47 Å². The molecule has 0 aromatic heterocycles. The molecule has 0 spiro atoms. The van der Waals surface area contributed by atoms with E-state index in [1.807, 2.05) is 6.08 Å². The molecule has 2 saturated carbocycles. The minimum Gasteiger partial charge on any atom is -0.490 e. The van der Waals surface area contributed by atoms with Crippen LogP contribution in [0.5, 0.6) is 11.5 Å². The number of hydrogen-bond acceptors (Lipinski definition) is 2. The number of allylic oxidation sites excluding steroid dienone is 1. The SMILES string of the molecule is Fc1c(OC/C=C/C2CCC2)ccc(OCCC2CCC2)c1F. The fourth-order valence-corrected chi connectivity index (χ4v) is 2.87. The lowest BCUT2D eigenvalue weighted by molar-refractivity contribution is 0.214. The quantitative estimate of drug-likeness (QED) is 0.607. The molecule has 0 radical (unpaired) electrons. The Balaban J connectivity index is 1.48. The highest BCUT2D eigenvalue weighted by atomic mass is 19.2. The molecule has 3 rings (SSSR count). The molecule has 126 valence electrons. The summed E-state index contributed by atoms with van der Waals surface area (Å²) in [7, 11) is 0. The summed E-state index contributed by atoms with van der Waals surface area (Å²) in [6.07, 6.45) is 12.3. The third kappa shape index (κ3) is 4.24. The molecule has 2 fully saturated rings. The van der Waals surface area contributed by atoms with Gasteiger partial charge in [-0.3, -0.25) is 0 Å². The Morgan fingerprint density at radius 1 is 0.957 bits per heavy atom. The fourth-order valence-electron chi connectivity index (χ4n) is 2.87. The number of rotatable bonds is 8. The van der Waals surface area contributed by atoms with Crippen molar-refractivity contribution in [3.63, 3.8) is 0 Å². The van der Waals surface area contributed by atoms with Crippen LogP contribution in [0.15, 0.2) is 24.3 Å². The maximum Gasteiger partial charge on any atom is 0.204 e. The molecule has 23 heavy (non-hydrogen) atoms. The van der Waals surface area contributed by atoms with Crippen LogP contribution in [0.3, 0.4) is 0 Å². The molecule has 0 aliphatic heterocycles. The lowest BCUT2D eigenvalue weighted by atomic mass is 9.83. The molecule has 0 bridgehead atoms. The Morgan fingerprint density at radius 2 is 1.61 bits per heavy atom. The molecule has 0 saturated heterocycles. The molecule has 0 heterocycles. The molecular weight excluding hydrogens is 298 g/mol. The van der Waals surface area contributed by atoms with Crippen molar-refractivity contribution in [3.05, 3.63) is 35.9 Å². The second-order valence-corrected chi connectivity index (χ2v) is 6.55. The Labute approximate surface area is 136 Å². The molecule has 0 unspecified atom stereocenters. The summed E-state index contributed by atoms with van der Waals surface area (Å²) in [6.45, 7) is 0.695. The zero-order valence-electron chi connectivity index (χ0n) is 13.4. The first-order valence-corrected chi connectivity index (χ1v) is 8.64. The predicted octanol–water partition coefficient (Wildman–Crippen LogP) is 5.27. The van der Waals surface area contributed by atoms with E-state index in [1.165, 1.54) is 50.7 Å². The Hall–Kier alpha value is -1.58. The molecule has 1 aromatic carbocycles. The van der Waals surface area contributed by atoms with Crippen LogP contribution in [0.25, 0.3) is 0 Å². The molecular formula is C19H24F2O2. The van der Waals surface area contributed by atoms with Gasteiger partial charge in [-0.1, -0.05) is 37.8 Å². The van der Waals surface area contributed by atoms with E-state index < -0.39 is 11.6 Å². The van der Waals surface area contributed by atoms with Gasteiger partial charge in [0.1, 0.15) is 6.61 Å². The van der Waals surface area contributed by atoms with Crippen LogP contribution in [0.2, 0.25) is 0 Å². The lowest BCUT2D eigenvalue weighted by Gasteiger charge is -2.25. The van der Waals surface area contributed by atoms with Crippen molar-refractivity contribution in [3.8, 4) is 11.5 Å². The van der Waals surface area contributed by atoms with Crippen LogP contribution >= 0.6 is 0 Å². The van der Waals surface area contributed by atoms with E-state index in [1.54, 1.807) is 0 Å². The minimum absolute atomic E-state index is 0.0285. The van der Waals surface area contributed by atoms with Gasteiger partial charge >= 0.3 is 0 Å². The third-order valence-corrected chi connectivity index (χ3v) is 4.91. The maximum absolute atomic E-state index is 14.0. The summed E-state index contributed by atoms with van der Waals surface area (Å²) in [4.78, 5) is 0. The first kappa shape index (κ1) is 16.3. The summed E-state index contributed by atoms with van der Waals surface area (Å²) in [5.74, 6) is -0.701. The van der Waals surface area contributed by atoms with Crippen molar-refractivity contribution in [2.75, 3.05) is 13.2 Å². The second-order valence-electron chi connectivity index (χ2n) is 6.55. The Morgan fingerprint density at radius 3 is 2.17 bits per heavy atom. The highest BCUT2D eigenvalue weighted by Gasteiger charge is 2.19. The van der Waals surface area contributed by atoms with Gasteiger partial charge in [-0.15, -0.1) is 0 Å². The molecule has 4 heteroatoms. The van der Waals surface area contributed by atoms with Crippen LogP contribution < -0.4 is 9.47 Å². The maximum atomic E-state index is 14.0. The minimum atomic E-state index is -0.969. The lowest BCUT2D eigenvalue weighted by Crippen LogP contribution is -2.15. The zero-order valence-corrected chi connectivity index (χ0v) is 13.4. The van der Waals surface area contributed by atoms with Crippen molar-refractivity contribution >= 4 is 0 Å². The van der Waals surface area contributed by atoms with Crippen LogP contribution in [0, 0.1) is 23.5 Å². The monoisotopic (exact) mass is 322 g/mol. The second kappa shape index (κ2) is 7.80. The molecule has 0 atom stereocenters. The van der Waals surface area contributed by atoms with Gasteiger partial charge in [0.2, 0.25) is 11.6 Å². The number of benzene rings is 1. The van der Waals surface area contributed by atoms with Crippen molar-refractivity contribution < 1.29 is 18.3 Å². The topological polar surface area (TPSA) is 18.5 Å². The van der Waals surface area contributed by atoms with E-state index in [0.717, 1.165) is 6.42 Å². The Kier molecular flexibility index (Phi) is 5.52. The van der Waals surface area contributed by atoms with Crippen LogP contribution in [0.4, 0.5) is 8.78 Å². The van der Waals surface area contributed by atoms with Crippen molar-refractivity contribution in [1.82, 2.24) is 0 Å². The molecule has 2 aliphatic rings. The van der Waals surface area contributed by atoms with Crippen LogP contribution in [-0.4, -0.2) is 13.2 Å². The highest BCUT2D eigenvalue weighted by Crippen LogP contribution is 2.31. The first-order valence-electron chi connectivity index (χ1n) is 8.64. The van der Waals surface area contributed by atoms with Crippen molar-refractivity contribution in [2.45, 2.75) is 44.9 Å². The molecule has 1 aromatic rings. The average molecular weight is 322 g/mol. The number of hydrogen-bond donors (Lipinski definition) is 0. The van der Waals surface area contributed by atoms with Gasteiger partial charge < -0.3 is 9.47 Å². The van der Waals surface area contributed by atoms with Gasteiger partial charge in [-0.2, -0.15) is 8.78 Å². The number of halogens is 2. The van der Waals surface area contributed by atoms with E-state index in [9.17, 15) is 8.78 Å². The van der Waals surface area contributed by atoms with E-state index in [0.29, 0.717) is 18.4 Å². The summed E-state index contributed by atoms with van der Waals surface area (Å²) in [6, 6.07) is 2.89. The van der Waals surface area contributed by atoms with Crippen molar-refractivity contribution in [2.24, 2.45) is 11.8 Å². The molecule has 0 N–H and O–H groups in total. The van der Waals surface area contributed by atoms with Gasteiger partial charge in [-0.25, -0.2) is 0 Å². The van der Waals surface area contributed by atoms with E-state index in [-0.39, 0.29) is 18.1 Å². The standard InChI is InChI=1S/C19H24F2O2/c20-18-16(22-12-3-8-14-4-1-5-14)9-10-17(19(18)21)23-13-11-15-6-2-7-15/h3,8-10,14-15H,1-2,4-7,11-13H2/b8-3+. The van der Waals surface area contributed by atoms with Crippen LogP contribution in [-0.2, 0) is 0 Å². The van der Waals surface area contributed by atoms with Crippen LogP contribution in [0.1, 0.15) is 44.9 Å². The third-order valence-electron chi connectivity index (χ3n) is 4.91. The molecule has 2 aliphatic carbocycles. The first-order chi connectivity index (χ1) is 11.2. The summed E-state index contributed by atoms with van der Waals surface area (Å²) in [5.41, 5.74) is 0. The highest BCUT2D eigenvalue weighted by molar-refractivity contribution is 5.35. The molecule has 0 amide bonds. The van der Waals surface area contributed by atoms with Gasteiger partial charge in [0, 0.05) is 0 Å². The fraction of sp³-hybridized carbons (Fsp3) is 0.579. The summed E-state index contributed by atoms with van der Waals surface area (Å²) in [5, 5.41) is 0. The average Bonchev–Trinajstić information content (AvgIpc) is 2.45.